The van der Waals surface area contributed by atoms with Gasteiger partial charge in [0, 0.05) is 22.6 Å². The van der Waals surface area contributed by atoms with Crippen LogP contribution in [0.5, 0.6) is 0 Å². The molecule has 1 aromatic heterocycles. The number of nitrogens with zero attached hydrogens (tertiary/aromatic N) is 1. The fourth-order valence-electron chi connectivity index (χ4n) is 1.63. The molecule has 2 rings (SSSR count). The quantitative estimate of drug-likeness (QED) is 0.726. The van der Waals surface area contributed by atoms with Gasteiger partial charge in [0.25, 0.3) is 0 Å². The lowest BCUT2D eigenvalue weighted by Crippen LogP contribution is -1.94. The van der Waals surface area contributed by atoms with E-state index in [1.165, 1.54) is 10.9 Å². The maximum Gasteiger partial charge on any atom is 0.0624 e. The molecule has 1 aromatic carbocycles. The van der Waals surface area contributed by atoms with Crippen LogP contribution in [-0.2, 0) is 6.54 Å². The van der Waals surface area contributed by atoms with Crippen molar-refractivity contribution in [3.63, 3.8) is 0 Å². The Morgan fingerprint density at radius 3 is 3.00 bits per heavy atom. The molecular formula is C12H12BrN. The molecule has 0 aliphatic rings. The molecule has 0 N–H and O–H groups in total. The van der Waals surface area contributed by atoms with Gasteiger partial charge in [-0.25, -0.2) is 0 Å². The average Bonchev–Trinajstić information content (AvgIpc) is 2.59. The summed E-state index contributed by atoms with van der Waals surface area (Å²) in [5, 5.41) is 1.28. The summed E-state index contributed by atoms with van der Waals surface area (Å²) >= 11 is 3.57. The molecule has 72 valence electrons. The molecule has 2 heteroatoms. The molecule has 1 nitrogen and oxygen atoms in total. The molecule has 0 aliphatic carbocycles. The van der Waals surface area contributed by atoms with Gasteiger partial charge in [0.15, 0.2) is 0 Å². The number of hydrogen-bond donors (Lipinski definition) is 0. The van der Waals surface area contributed by atoms with Crippen molar-refractivity contribution >= 4 is 26.8 Å². The van der Waals surface area contributed by atoms with Crippen LogP contribution >= 0.6 is 15.9 Å². The highest BCUT2D eigenvalue weighted by Crippen LogP contribution is 2.24. The zero-order valence-corrected chi connectivity index (χ0v) is 9.50. The smallest absolute Gasteiger partial charge is 0.0624 e. The lowest BCUT2D eigenvalue weighted by atomic mass is 10.2. The number of aromatic nitrogens is 1. The maximum absolute atomic E-state index is 3.74. The predicted molar refractivity (Wildman–Crippen MR) is 64.5 cm³/mol. The second kappa shape index (κ2) is 4.01. The van der Waals surface area contributed by atoms with Crippen LogP contribution in [0, 0.1) is 0 Å². The number of halogens is 1. The first kappa shape index (κ1) is 9.53. The summed E-state index contributed by atoms with van der Waals surface area (Å²) in [7, 11) is 0. The second-order valence-corrected chi connectivity index (χ2v) is 4.12. The number of benzene rings is 1. The Kier molecular flexibility index (Phi) is 2.73. The van der Waals surface area contributed by atoms with Crippen LogP contribution in [0.25, 0.3) is 10.9 Å². The Hall–Kier alpha value is -1.02. The Balaban J connectivity index is 2.50. The van der Waals surface area contributed by atoms with Crippen molar-refractivity contribution in [2.24, 2.45) is 0 Å². The van der Waals surface area contributed by atoms with E-state index in [1.54, 1.807) is 0 Å². The third-order valence-electron chi connectivity index (χ3n) is 2.31. The first-order valence-electron chi connectivity index (χ1n) is 4.67. The van der Waals surface area contributed by atoms with E-state index in [9.17, 15) is 0 Å². The van der Waals surface area contributed by atoms with Crippen LogP contribution in [-0.4, -0.2) is 4.57 Å². The monoisotopic (exact) mass is 249 g/mol. The Labute approximate surface area is 92.2 Å². The molecule has 2 aromatic rings. The topological polar surface area (TPSA) is 4.93 Å². The average molecular weight is 250 g/mol. The highest BCUT2D eigenvalue weighted by atomic mass is 79.9. The van der Waals surface area contributed by atoms with E-state index in [0.717, 1.165) is 17.4 Å². The summed E-state index contributed by atoms with van der Waals surface area (Å²) in [6.07, 6.45) is 5.08. The number of allylic oxidation sites excluding steroid dienone is 1. The van der Waals surface area contributed by atoms with Gasteiger partial charge >= 0.3 is 0 Å². The molecule has 0 unspecified atom stereocenters. The SMILES string of the molecule is C=CCCn1ccc2cccc(Br)c21. The third kappa shape index (κ3) is 1.62. The van der Waals surface area contributed by atoms with Gasteiger partial charge < -0.3 is 4.57 Å². The molecule has 1 heterocycles. The molecule has 0 amide bonds. The van der Waals surface area contributed by atoms with Crippen LogP contribution < -0.4 is 0 Å². The third-order valence-corrected chi connectivity index (χ3v) is 2.95. The van der Waals surface area contributed by atoms with E-state index in [2.05, 4.69) is 57.5 Å². The van der Waals surface area contributed by atoms with E-state index in [1.807, 2.05) is 6.08 Å². The van der Waals surface area contributed by atoms with Gasteiger partial charge in [-0.05, 0) is 34.5 Å². The number of fused-ring (bicyclic) bond motifs is 1. The highest BCUT2D eigenvalue weighted by molar-refractivity contribution is 9.10. The van der Waals surface area contributed by atoms with Crippen LogP contribution in [0.15, 0.2) is 47.6 Å². The summed E-state index contributed by atoms with van der Waals surface area (Å²) in [4.78, 5) is 0. The minimum absolute atomic E-state index is 0.996. The molecular weight excluding hydrogens is 238 g/mol. The maximum atomic E-state index is 3.74. The molecule has 0 aliphatic heterocycles. The Morgan fingerprint density at radius 1 is 1.36 bits per heavy atom. The van der Waals surface area contributed by atoms with Crippen molar-refractivity contribution in [2.45, 2.75) is 13.0 Å². The van der Waals surface area contributed by atoms with Crippen molar-refractivity contribution in [2.75, 3.05) is 0 Å². The second-order valence-electron chi connectivity index (χ2n) is 3.26. The minimum atomic E-state index is 0.996. The fraction of sp³-hybridized carbons (Fsp3) is 0.167. The lowest BCUT2D eigenvalue weighted by Gasteiger charge is -2.04. The fourth-order valence-corrected chi connectivity index (χ4v) is 2.24. The molecule has 0 radical (unpaired) electrons. The van der Waals surface area contributed by atoms with Gasteiger partial charge in [-0.15, -0.1) is 6.58 Å². The molecule has 0 saturated carbocycles. The van der Waals surface area contributed by atoms with E-state index >= 15 is 0 Å². The number of aryl methyl sites for hydroxylation is 1. The van der Waals surface area contributed by atoms with E-state index < -0.39 is 0 Å². The lowest BCUT2D eigenvalue weighted by molar-refractivity contribution is 0.738. The van der Waals surface area contributed by atoms with Gasteiger partial charge in [-0.2, -0.15) is 0 Å². The summed E-state index contributed by atoms with van der Waals surface area (Å²) in [5.41, 5.74) is 1.27. The molecule has 0 atom stereocenters. The largest absolute Gasteiger partial charge is 0.346 e. The summed E-state index contributed by atoms with van der Waals surface area (Å²) < 4.78 is 3.41. The van der Waals surface area contributed by atoms with Crippen LogP contribution in [0.3, 0.4) is 0 Å². The van der Waals surface area contributed by atoms with Gasteiger partial charge in [-0.1, -0.05) is 18.2 Å². The van der Waals surface area contributed by atoms with Crippen molar-refractivity contribution < 1.29 is 0 Å². The van der Waals surface area contributed by atoms with Gasteiger partial charge in [0.05, 0.1) is 5.52 Å². The normalized spacial score (nSPS) is 10.6. The molecule has 0 bridgehead atoms. The Bertz CT molecular complexity index is 456. The van der Waals surface area contributed by atoms with Crippen molar-refractivity contribution in [1.29, 1.82) is 0 Å². The number of hydrogen-bond acceptors (Lipinski definition) is 0. The zero-order valence-electron chi connectivity index (χ0n) is 7.91. The predicted octanol–water partition coefficient (Wildman–Crippen LogP) is 3.98. The van der Waals surface area contributed by atoms with E-state index in [0.29, 0.717) is 0 Å². The van der Waals surface area contributed by atoms with Crippen molar-refractivity contribution in [3.8, 4) is 0 Å². The van der Waals surface area contributed by atoms with Gasteiger partial charge in [0.2, 0.25) is 0 Å². The summed E-state index contributed by atoms with van der Waals surface area (Å²) in [6, 6.07) is 8.41. The van der Waals surface area contributed by atoms with Gasteiger partial charge in [-0.3, -0.25) is 0 Å². The summed E-state index contributed by atoms with van der Waals surface area (Å²) in [5.74, 6) is 0. The van der Waals surface area contributed by atoms with E-state index in [-0.39, 0.29) is 0 Å². The molecule has 0 spiro atoms. The summed E-state index contributed by atoms with van der Waals surface area (Å²) in [6.45, 7) is 4.73. The zero-order chi connectivity index (χ0) is 9.97. The molecule has 0 saturated heterocycles. The van der Waals surface area contributed by atoms with Crippen LogP contribution in [0.4, 0.5) is 0 Å². The van der Waals surface area contributed by atoms with E-state index in [4.69, 9.17) is 0 Å². The van der Waals surface area contributed by atoms with Gasteiger partial charge in [0.1, 0.15) is 0 Å². The van der Waals surface area contributed by atoms with Crippen LogP contribution in [0.2, 0.25) is 0 Å². The first-order chi connectivity index (χ1) is 6.83. The number of para-hydroxylation sites is 1. The standard InChI is InChI=1S/C12H12BrN/c1-2-3-8-14-9-7-10-5-4-6-11(13)12(10)14/h2,4-7,9H,1,3,8H2. The van der Waals surface area contributed by atoms with Crippen molar-refractivity contribution in [1.82, 2.24) is 4.57 Å². The molecule has 0 fully saturated rings. The molecule has 14 heavy (non-hydrogen) atoms. The van der Waals surface area contributed by atoms with Crippen molar-refractivity contribution in [3.05, 3.63) is 47.6 Å². The first-order valence-corrected chi connectivity index (χ1v) is 5.46. The van der Waals surface area contributed by atoms with Crippen LogP contribution in [0.1, 0.15) is 6.42 Å². The highest BCUT2D eigenvalue weighted by Gasteiger charge is 2.02. The Morgan fingerprint density at radius 2 is 2.21 bits per heavy atom. The minimum Gasteiger partial charge on any atom is -0.346 e. The number of rotatable bonds is 3.